The highest BCUT2D eigenvalue weighted by atomic mass is 15.0. The summed E-state index contributed by atoms with van der Waals surface area (Å²) in [5, 5.41) is 8.70. The number of fused-ring (bicyclic) bond motifs is 3. The van der Waals surface area contributed by atoms with Crippen molar-refractivity contribution in [2.24, 2.45) is 4.99 Å². The summed E-state index contributed by atoms with van der Waals surface area (Å²) in [6, 6.07) is 19.5. The van der Waals surface area contributed by atoms with Crippen molar-refractivity contribution in [2.75, 3.05) is 0 Å². The summed E-state index contributed by atoms with van der Waals surface area (Å²) in [7, 11) is 0. The quantitative estimate of drug-likeness (QED) is 0.550. The average Bonchev–Trinajstić information content (AvgIpc) is 2.53. The maximum absolute atomic E-state index is 4.35. The molecule has 1 atom stereocenters. The Labute approximate surface area is 125 Å². The summed E-state index contributed by atoms with van der Waals surface area (Å²) < 4.78 is 0. The van der Waals surface area contributed by atoms with E-state index in [1.165, 1.54) is 27.1 Å². The maximum Gasteiger partial charge on any atom is 0.0964 e. The second kappa shape index (κ2) is 6.06. The summed E-state index contributed by atoms with van der Waals surface area (Å²) in [6.07, 6.45) is 1.98. The molecule has 21 heavy (non-hydrogen) atoms. The van der Waals surface area contributed by atoms with E-state index in [1.54, 1.807) is 0 Å². The lowest BCUT2D eigenvalue weighted by molar-refractivity contribution is 0.573. The van der Waals surface area contributed by atoms with Crippen molar-refractivity contribution in [2.45, 2.75) is 26.6 Å². The summed E-state index contributed by atoms with van der Waals surface area (Å²) in [6.45, 7) is 4.84. The monoisotopic (exact) mass is 276 g/mol. The molecule has 3 aromatic rings. The Morgan fingerprint density at radius 2 is 1.67 bits per heavy atom. The van der Waals surface area contributed by atoms with E-state index in [1.807, 2.05) is 13.1 Å². The van der Waals surface area contributed by atoms with Gasteiger partial charge in [-0.1, -0.05) is 48.5 Å². The van der Waals surface area contributed by atoms with Crippen molar-refractivity contribution in [1.82, 2.24) is 5.32 Å². The van der Waals surface area contributed by atoms with Gasteiger partial charge in [0.15, 0.2) is 0 Å². The van der Waals surface area contributed by atoms with E-state index in [0.29, 0.717) is 0 Å². The average molecular weight is 276 g/mol. The van der Waals surface area contributed by atoms with Crippen LogP contribution >= 0.6 is 0 Å². The van der Waals surface area contributed by atoms with Gasteiger partial charge in [0.05, 0.1) is 6.17 Å². The molecule has 0 aliphatic carbocycles. The van der Waals surface area contributed by atoms with Crippen LogP contribution in [0.1, 0.15) is 19.4 Å². The molecule has 0 aliphatic rings. The van der Waals surface area contributed by atoms with Gasteiger partial charge in [-0.15, -0.1) is 0 Å². The standard InChI is InChI=1S/C19H20N2/c1-3-20-14(2)21-13-16-12-15-8-4-5-9-17(15)19-11-7-6-10-18(16)19/h3-12,14,21H,13H2,1-2H3/b20-3-. The van der Waals surface area contributed by atoms with Gasteiger partial charge < -0.3 is 0 Å². The Bertz CT molecular complexity index is 790. The van der Waals surface area contributed by atoms with Crippen LogP contribution in [0.4, 0.5) is 0 Å². The van der Waals surface area contributed by atoms with Crippen LogP contribution in [-0.2, 0) is 6.54 Å². The summed E-state index contributed by atoms with van der Waals surface area (Å²) in [5.74, 6) is 0. The Balaban J connectivity index is 2.07. The lowest BCUT2D eigenvalue weighted by Gasteiger charge is -2.13. The largest absolute Gasteiger partial charge is 0.292 e. The van der Waals surface area contributed by atoms with Crippen molar-refractivity contribution in [3.8, 4) is 0 Å². The highest BCUT2D eigenvalue weighted by Gasteiger charge is 2.06. The minimum Gasteiger partial charge on any atom is -0.292 e. The van der Waals surface area contributed by atoms with E-state index in [-0.39, 0.29) is 6.17 Å². The molecular weight excluding hydrogens is 256 g/mol. The molecule has 0 saturated heterocycles. The second-order valence-corrected chi connectivity index (χ2v) is 5.27. The number of hydrogen-bond donors (Lipinski definition) is 1. The fourth-order valence-corrected chi connectivity index (χ4v) is 2.81. The molecule has 0 heterocycles. The van der Waals surface area contributed by atoms with Gasteiger partial charge in [-0.05, 0) is 53.2 Å². The molecule has 0 bridgehead atoms. The lowest BCUT2D eigenvalue weighted by Crippen LogP contribution is -2.23. The Kier molecular flexibility index (Phi) is 3.98. The molecule has 0 aliphatic heterocycles. The molecule has 1 unspecified atom stereocenters. The minimum atomic E-state index is 0.139. The maximum atomic E-state index is 4.35. The van der Waals surface area contributed by atoms with E-state index in [2.05, 4.69) is 71.8 Å². The third-order valence-electron chi connectivity index (χ3n) is 3.81. The second-order valence-electron chi connectivity index (χ2n) is 5.27. The number of benzene rings is 3. The normalized spacial score (nSPS) is 13.2. The van der Waals surface area contributed by atoms with Crippen LogP contribution in [0.5, 0.6) is 0 Å². The number of nitrogens with one attached hydrogen (secondary N) is 1. The first-order valence-corrected chi connectivity index (χ1v) is 7.40. The zero-order valence-electron chi connectivity index (χ0n) is 12.5. The van der Waals surface area contributed by atoms with Crippen molar-refractivity contribution in [3.63, 3.8) is 0 Å². The van der Waals surface area contributed by atoms with E-state index in [4.69, 9.17) is 0 Å². The fourth-order valence-electron chi connectivity index (χ4n) is 2.81. The van der Waals surface area contributed by atoms with Gasteiger partial charge in [-0.2, -0.15) is 0 Å². The van der Waals surface area contributed by atoms with Crippen LogP contribution in [0.2, 0.25) is 0 Å². The van der Waals surface area contributed by atoms with Gasteiger partial charge in [0, 0.05) is 6.54 Å². The molecule has 0 fully saturated rings. The number of hydrogen-bond acceptors (Lipinski definition) is 2. The molecule has 2 heteroatoms. The highest BCUT2D eigenvalue weighted by Crippen LogP contribution is 2.28. The molecular formula is C19H20N2. The Morgan fingerprint density at radius 3 is 2.43 bits per heavy atom. The molecule has 0 amide bonds. The summed E-state index contributed by atoms with van der Waals surface area (Å²) in [4.78, 5) is 4.35. The molecule has 0 saturated carbocycles. The van der Waals surface area contributed by atoms with Crippen molar-refractivity contribution < 1.29 is 0 Å². The third kappa shape index (κ3) is 2.81. The molecule has 0 aromatic heterocycles. The van der Waals surface area contributed by atoms with Crippen LogP contribution in [0.25, 0.3) is 21.5 Å². The molecule has 0 radical (unpaired) electrons. The first-order valence-electron chi connectivity index (χ1n) is 7.40. The molecule has 2 nitrogen and oxygen atoms in total. The van der Waals surface area contributed by atoms with Crippen LogP contribution in [0.3, 0.4) is 0 Å². The van der Waals surface area contributed by atoms with Gasteiger partial charge in [0.25, 0.3) is 0 Å². The third-order valence-corrected chi connectivity index (χ3v) is 3.81. The Hall–Kier alpha value is -2.19. The zero-order valence-corrected chi connectivity index (χ0v) is 12.5. The lowest BCUT2D eigenvalue weighted by atomic mass is 9.97. The smallest absolute Gasteiger partial charge is 0.0964 e. The van der Waals surface area contributed by atoms with E-state index in [0.717, 1.165) is 6.54 Å². The van der Waals surface area contributed by atoms with Crippen LogP contribution in [-0.4, -0.2) is 12.4 Å². The van der Waals surface area contributed by atoms with Crippen molar-refractivity contribution in [1.29, 1.82) is 0 Å². The fraction of sp³-hybridized carbons (Fsp3) is 0.211. The Morgan fingerprint density at radius 1 is 1.00 bits per heavy atom. The molecule has 106 valence electrons. The topological polar surface area (TPSA) is 24.4 Å². The van der Waals surface area contributed by atoms with Crippen LogP contribution in [0, 0.1) is 0 Å². The summed E-state index contributed by atoms with van der Waals surface area (Å²) >= 11 is 0. The zero-order chi connectivity index (χ0) is 14.7. The molecule has 0 spiro atoms. The first kappa shape index (κ1) is 13.8. The minimum absolute atomic E-state index is 0.139. The molecule has 3 aromatic carbocycles. The first-order chi connectivity index (χ1) is 10.3. The summed E-state index contributed by atoms with van der Waals surface area (Å²) in [5.41, 5.74) is 1.32. The van der Waals surface area contributed by atoms with Crippen molar-refractivity contribution in [3.05, 3.63) is 60.2 Å². The van der Waals surface area contributed by atoms with E-state index < -0.39 is 0 Å². The van der Waals surface area contributed by atoms with Crippen molar-refractivity contribution >= 4 is 27.8 Å². The highest BCUT2D eigenvalue weighted by molar-refractivity contribution is 6.08. The number of nitrogens with zero attached hydrogens (tertiary/aromatic N) is 1. The van der Waals surface area contributed by atoms with Crippen LogP contribution < -0.4 is 5.32 Å². The SMILES string of the molecule is C/C=N\C(C)NCc1cc2ccccc2c2ccccc12. The van der Waals surface area contributed by atoms with Gasteiger partial charge in [-0.25, -0.2) is 0 Å². The van der Waals surface area contributed by atoms with Gasteiger partial charge in [-0.3, -0.25) is 10.3 Å². The number of aliphatic imine (C=N–C) groups is 1. The van der Waals surface area contributed by atoms with Gasteiger partial charge in [0.1, 0.15) is 0 Å². The van der Waals surface area contributed by atoms with Gasteiger partial charge >= 0.3 is 0 Å². The van der Waals surface area contributed by atoms with E-state index >= 15 is 0 Å². The number of rotatable bonds is 4. The van der Waals surface area contributed by atoms with E-state index in [9.17, 15) is 0 Å². The predicted octanol–water partition coefficient (Wildman–Crippen LogP) is 4.52. The van der Waals surface area contributed by atoms with Gasteiger partial charge in [0.2, 0.25) is 0 Å². The predicted molar refractivity (Wildman–Crippen MR) is 91.9 cm³/mol. The van der Waals surface area contributed by atoms with Crippen LogP contribution in [0.15, 0.2) is 59.6 Å². The molecule has 1 N–H and O–H groups in total. The molecule has 3 rings (SSSR count).